The summed E-state index contributed by atoms with van der Waals surface area (Å²) in [6.45, 7) is 1.61. The molecular formula is C20H19NO7. The molecule has 0 bridgehead atoms. The molecule has 146 valence electrons. The molecule has 3 rings (SSSR count). The number of methoxy groups -OCH3 is 2. The van der Waals surface area contributed by atoms with Crippen molar-refractivity contribution in [2.45, 2.75) is 13.3 Å². The highest BCUT2D eigenvalue weighted by Gasteiger charge is 2.18. The first kappa shape index (κ1) is 19.1. The number of hydrogen-bond donors (Lipinski definition) is 3. The first-order valence-electron chi connectivity index (χ1n) is 8.34. The van der Waals surface area contributed by atoms with Crippen LogP contribution >= 0.6 is 0 Å². The Bertz CT molecular complexity index is 1120. The van der Waals surface area contributed by atoms with Crippen LogP contribution < -0.4 is 20.4 Å². The third-order valence-corrected chi connectivity index (χ3v) is 4.35. The number of carbonyl (C=O) groups excluding carboxylic acids is 1. The highest BCUT2D eigenvalue weighted by atomic mass is 16.5. The summed E-state index contributed by atoms with van der Waals surface area (Å²) in [5.74, 6) is 0.0567. The number of amides is 1. The van der Waals surface area contributed by atoms with Crippen LogP contribution in [0.4, 0.5) is 5.69 Å². The molecule has 0 aliphatic carbocycles. The molecule has 0 fully saturated rings. The van der Waals surface area contributed by atoms with Crippen LogP contribution in [0.25, 0.3) is 11.0 Å². The maximum absolute atomic E-state index is 12.4. The van der Waals surface area contributed by atoms with E-state index >= 15 is 0 Å². The standard InChI is InChI=1S/C20H19NO7/c1-10-13(20(25)28-17-8-12(22)7-14(23)19(10)17)9-18(24)21-11-4-5-15(26-2)16(6-11)27-3/h4-8,22-23H,9H2,1-3H3,(H,21,24). The smallest absolute Gasteiger partial charge is 0.340 e. The van der Waals surface area contributed by atoms with Gasteiger partial charge in [0.15, 0.2) is 11.5 Å². The lowest BCUT2D eigenvalue weighted by Gasteiger charge is -2.12. The van der Waals surface area contributed by atoms with Gasteiger partial charge in [-0.25, -0.2) is 4.79 Å². The van der Waals surface area contributed by atoms with Gasteiger partial charge in [0.1, 0.15) is 17.1 Å². The molecule has 0 aliphatic heterocycles. The molecule has 8 heteroatoms. The molecule has 8 nitrogen and oxygen atoms in total. The molecule has 0 spiro atoms. The number of carbonyl (C=O) groups is 1. The Morgan fingerprint density at radius 3 is 2.50 bits per heavy atom. The van der Waals surface area contributed by atoms with Crippen LogP contribution in [0.15, 0.2) is 39.5 Å². The van der Waals surface area contributed by atoms with E-state index in [0.29, 0.717) is 22.7 Å². The van der Waals surface area contributed by atoms with Crippen molar-refractivity contribution in [1.29, 1.82) is 0 Å². The van der Waals surface area contributed by atoms with Gasteiger partial charge in [0.2, 0.25) is 5.91 Å². The Hall–Kier alpha value is -3.68. The van der Waals surface area contributed by atoms with Crippen LogP contribution in [0.2, 0.25) is 0 Å². The quantitative estimate of drug-likeness (QED) is 0.578. The monoisotopic (exact) mass is 385 g/mol. The fourth-order valence-corrected chi connectivity index (χ4v) is 2.99. The SMILES string of the molecule is COc1ccc(NC(=O)Cc2c(C)c3c(O)cc(O)cc3oc2=O)cc1OC. The van der Waals surface area contributed by atoms with Gasteiger partial charge in [-0.3, -0.25) is 4.79 Å². The van der Waals surface area contributed by atoms with Crippen molar-refractivity contribution in [1.82, 2.24) is 0 Å². The van der Waals surface area contributed by atoms with Crippen molar-refractivity contribution in [3.63, 3.8) is 0 Å². The van der Waals surface area contributed by atoms with Gasteiger partial charge < -0.3 is 29.4 Å². The average Bonchev–Trinajstić information content (AvgIpc) is 2.64. The third kappa shape index (κ3) is 3.57. The van der Waals surface area contributed by atoms with E-state index in [1.807, 2.05) is 0 Å². The molecule has 1 amide bonds. The summed E-state index contributed by atoms with van der Waals surface area (Å²) in [4.78, 5) is 24.8. The summed E-state index contributed by atoms with van der Waals surface area (Å²) >= 11 is 0. The summed E-state index contributed by atoms with van der Waals surface area (Å²) in [6.07, 6.45) is -0.251. The summed E-state index contributed by atoms with van der Waals surface area (Å²) in [5.41, 5.74) is 0.331. The third-order valence-electron chi connectivity index (χ3n) is 4.35. The lowest BCUT2D eigenvalue weighted by Crippen LogP contribution is -2.20. The Labute approximate surface area is 159 Å². The van der Waals surface area contributed by atoms with Crippen molar-refractivity contribution in [3.8, 4) is 23.0 Å². The van der Waals surface area contributed by atoms with E-state index in [9.17, 15) is 19.8 Å². The van der Waals surface area contributed by atoms with E-state index in [2.05, 4.69) is 5.32 Å². The second-order valence-corrected chi connectivity index (χ2v) is 6.13. The van der Waals surface area contributed by atoms with E-state index in [0.717, 1.165) is 6.07 Å². The number of aromatic hydroxyl groups is 2. The summed E-state index contributed by atoms with van der Waals surface area (Å²) in [6, 6.07) is 7.26. The van der Waals surface area contributed by atoms with Crippen LogP contribution in [-0.4, -0.2) is 30.3 Å². The van der Waals surface area contributed by atoms with Gasteiger partial charge in [0.05, 0.1) is 31.6 Å². The number of nitrogens with one attached hydrogen (secondary N) is 1. The van der Waals surface area contributed by atoms with E-state index in [4.69, 9.17) is 13.9 Å². The zero-order valence-electron chi connectivity index (χ0n) is 15.5. The van der Waals surface area contributed by atoms with E-state index in [1.54, 1.807) is 25.1 Å². The number of phenolic OH excluding ortho intramolecular Hbond substituents is 2. The first-order valence-corrected chi connectivity index (χ1v) is 8.34. The van der Waals surface area contributed by atoms with E-state index < -0.39 is 11.5 Å². The summed E-state index contributed by atoms with van der Waals surface area (Å²) in [5, 5.41) is 22.6. The van der Waals surface area contributed by atoms with Crippen LogP contribution in [0.3, 0.4) is 0 Å². The Morgan fingerprint density at radius 2 is 1.82 bits per heavy atom. The van der Waals surface area contributed by atoms with E-state index in [-0.39, 0.29) is 34.5 Å². The summed E-state index contributed by atoms with van der Waals surface area (Å²) in [7, 11) is 2.99. The number of benzene rings is 2. The number of aryl methyl sites for hydroxylation is 1. The van der Waals surface area contributed by atoms with Crippen molar-refractivity contribution >= 4 is 22.6 Å². The van der Waals surface area contributed by atoms with Crippen molar-refractivity contribution in [2.75, 3.05) is 19.5 Å². The molecule has 0 saturated heterocycles. The number of phenols is 2. The molecule has 2 aromatic carbocycles. The molecule has 0 aliphatic rings. The predicted molar refractivity (Wildman–Crippen MR) is 102 cm³/mol. The second kappa shape index (κ2) is 7.51. The Kier molecular flexibility index (Phi) is 5.12. The number of hydrogen-bond acceptors (Lipinski definition) is 7. The minimum absolute atomic E-state index is 0.0454. The van der Waals surface area contributed by atoms with Gasteiger partial charge in [-0.15, -0.1) is 0 Å². The van der Waals surface area contributed by atoms with Gasteiger partial charge in [0.25, 0.3) is 0 Å². The molecule has 3 N–H and O–H groups in total. The van der Waals surface area contributed by atoms with Gasteiger partial charge in [-0.1, -0.05) is 0 Å². The largest absolute Gasteiger partial charge is 0.508 e. The zero-order valence-corrected chi connectivity index (χ0v) is 15.5. The van der Waals surface area contributed by atoms with Gasteiger partial charge in [-0.05, 0) is 24.6 Å². The molecule has 0 saturated carbocycles. The average molecular weight is 385 g/mol. The van der Waals surface area contributed by atoms with Gasteiger partial charge in [-0.2, -0.15) is 0 Å². The molecule has 0 unspecified atom stereocenters. The molecule has 1 aromatic heterocycles. The second-order valence-electron chi connectivity index (χ2n) is 6.13. The van der Waals surface area contributed by atoms with Crippen LogP contribution in [-0.2, 0) is 11.2 Å². The molecule has 0 atom stereocenters. The Balaban J connectivity index is 1.90. The lowest BCUT2D eigenvalue weighted by atomic mass is 10.0. The fraction of sp³-hybridized carbons (Fsp3) is 0.200. The number of ether oxygens (including phenoxy) is 2. The molecule has 3 aromatic rings. The number of anilines is 1. The van der Waals surface area contributed by atoms with E-state index in [1.165, 1.54) is 20.3 Å². The molecule has 0 radical (unpaired) electrons. The van der Waals surface area contributed by atoms with Crippen molar-refractivity contribution in [3.05, 3.63) is 51.9 Å². The van der Waals surface area contributed by atoms with Crippen LogP contribution in [0.1, 0.15) is 11.1 Å². The topological polar surface area (TPSA) is 118 Å². The molecule has 28 heavy (non-hydrogen) atoms. The van der Waals surface area contributed by atoms with Crippen molar-refractivity contribution in [2.24, 2.45) is 0 Å². The number of rotatable bonds is 5. The highest BCUT2D eigenvalue weighted by molar-refractivity contribution is 5.94. The molecular weight excluding hydrogens is 366 g/mol. The Morgan fingerprint density at radius 1 is 1.11 bits per heavy atom. The highest BCUT2D eigenvalue weighted by Crippen LogP contribution is 2.33. The summed E-state index contributed by atoms with van der Waals surface area (Å²) < 4.78 is 15.5. The normalized spacial score (nSPS) is 10.7. The minimum atomic E-state index is -0.711. The van der Waals surface area contributed by atoms with Gasteiger partial charge in [0, 0.05) is 23.9 Å². The van der Waals surface area contributed by atoms with Crippen molar-refractivity contribution < 1.29 is 28.9 Å². The lowest BCUT2D eigenvalue weighted by molar-refractivity contribution is -0.115. The molecule has 1 heterocycles. The zero-order chi connectivity index (χ0) is 20.4. The first-order chi connectivity index (χ1) is 13.3. The van der Waals surface area contributed by atoms with Gasteiger partial charge >= 0.3 is 5.63 Å². The number of fused-ring (bicyclic) bond motifs is 1. The maximum Gasteiger partial charge on any atom is 0.340 e. The van der Waals surface area contributed by atoms with Crippen LogP contribution in [0, 0.1) is 6.92 Å². The fourth-order valence-electron chi connectivity index (χ4n) is 2.99. The minimum Gasteiger partial charge on any atom is -0.508 e. The predicted octanol–water partition coefficient (Wildman–Crippen LogP) is 2.71. The van der Waals surface area contributed by atoms with Crippen LogP contribution in [0.5, 0.6) is 23.0 Å². The maximum atomic E-state index is 12.4.